The van der Waals surface area contributed by atoms with Crippen LogP contribution in [0.2, 0.25) is 0 Å². The van der Waals surface area contributed by atoms with Gasteiger partial charge in [0.2, 0.25) is 0 Å². The minimum Gasteiger partial charge on any atom is -0.352 e. The van der Waals surface area contributed by atoms with Gasteiger partial charge in [0.15, 0.2) is 0 Å². The van der Waals surface area contributed by atoms with E-state index in [-0.39, 0.29) is 11.7 Å². The van der Waals surface area contributed by atoms with Gasteiger partial charge in [-0.05, 0) is 32.0 Å². The zero-order valence-electron chi connectivity index (χ0n) is 11.0. The van der Waals surface area contributed by atoms with Crippen LogP contribution in [0.25, 0.3) is 0 Å². The van der Waals surface area contributed by atoms with Gasteiger partial charge in [0.05, 0.1) is 11.0 Å². The standard InChI is InChI=1S/C13H15N3O2S/c1-9-4-6-12(19-9)10(2)15(3)13-7-5-11(8-14-13)16(17)18/h4-8,10H,1-3H3/t10-/m0/s1. The van der Waals surface area contributed by atoms with Crippen molar-refractivity contribution in [1.82, 2.24) is 4.98 Å². The predicted molar refractivity (Wildman–Crippen MR) is 76.8 cm³/mol. The van der Waals surface area contributed by atoms with Crippen LogP contribution in [0.4, 0.5) is 11.5 Å². The van der Waals surface area contributed by atoms with E-state index in [1.807, 2.05) is 11.9 Å². The summed E-state index contributed by atoms with van der Waals surface area (Å²) in [6, 6.07) is 7.54. The van der Waals surface area contributed by atoms with E-state index in [1.165, 1.54) is 22.0 Å². The third-order valence-electron chi connectivity index (χ3n) is 3.06. The molecule has 0 aliphatic rings. The molecule has 1 atom stereocenters. The molecule has 100 valence electrons. The molecule has 2 aromatic heterocycles. The molecule has 6 heteroatoms. The fourth-order valence-electron chi connectivity index (χ4n) is 1.76. The van der Waals surface area contributed by atoms with Crippen molar-refractivity contribution in [1.29, 1.82) is 0 Å². The summed E-state index contributed by atoms with van der Waals surface area (Å²) in [5.74, 6) is 0.726. The Morgan fingerprint density at radius 2 is 2.11 bits per heavy atom. The van der Waals surface area contributed by atoms with Crippen molar-refractivity contribution in [3.63, 3.8) is 0 Å². The lowest BCUT2D eigenvalue weighted by Gasteiger charge is -2.24. The Labute approximate surface area is 115 Å². The molecule has 0 radical (unpaired) electrons. The summed E-state index contributed by atoms with van der Waals surface area (Å²) in [6.07, 6.45) is 1.29. The molecule has 0 fully saturated rings. The molecule has 2 rings (SSSR count). The highest BCUT2D eigenvalue weighted by Gasteiger charge is 2.16. The number of aryl methyl sites for hydroxylation is 1. The molecule has 0 aliphatic heterocycles. The molecule has 0 saturated heterocycles. The number of aromatic nitrogens is 1. The van der Waals surface area contributed by atoms with E-state index in [4.69, 9.17) is 0 Å². The van der Waals surface area contributed by atoms with Crippen molar-refractivity contribution in [3.05, 3.63) is 50.3 Å². The molecule has 0 N–H and O–H groups in total. The van der Waals surface area contributed by atoms with Crippen LogP contribution in [0.3, 0.4) is 0 Å². The maximum Gasteiger partial charge on any atom is 0.287 e. The van der Waals surface area contributed by atoms with E-state index in [0.717, 1.165) is 5.82 Å². The number of hydrogen-bond acceptors (Lipinski definition) is 5. The fraction of sp³-hybridized carbons (Fsp3) is 0.308. The number of pyridine rings is 1. The normalized spacial score (nSPS) is 12.2. The van der Waals surface area contributed by atoms with Gasteiger partial charge in [-0.25, -0.2) is 4.98 Å². The Balaban J connectivity index is 2.19. The summed E-state index contributed by atoms with van der Waals surface area (Å²) < 4.78 is 0. The number of nitro groups is 1. The van der Waals surface area contributed by atoms with Crippen LogP contribution >= 0.6 is 11.3 Å². The molecule has 0 spiro atoms. The SMILES string of the molecule is Cc1ccc([C@H](C)N(C)c2ccc([N+](=O)[O-])cn2)s1. The zero-order valence-corrected chi connectivity index (χ0v) is 11.8. The van der Waals surface area contributed by atoms with E-state index in [1.54, 1.807) is 17.4 Å². The van der Waals surface area contributed by atoms with E-state index in [0.29, 0.717) is 0 Å². The Morgan fingerprint density at radius 3 is 2.58 bits per heavy atom. The maximum absolute atomic E-state index is 10.6. The minimum atomic E-state index is -0.442. The molecule has 0 unspecified atom stereocenters. The first-order valence-corrected chi connectivity index (χ1v) is 6.70. The Morgan fingerprint density at radius 1 is 1.37 bits per heavy atom. The van der Waals surface area contributed by atoms with Crippen molar-refractivity contribution in [3.8, 4) is 0 Å². The molecule has 2 aromatic rings. The average molecular weight is 277 g/mol. The second-order valence-corrected chi connectivity index (χ2v) is 5.69. The molecule has 0 aliphatic carbocycles. The van der Waals surface area contributed by atoms with Gasteiger partial charge in [0, 0.05) is 22.9 Å². The van der Waals surface area contributed by atoms with Gasteiger partial charge in [-0.3, -0.25) is 10.1 Å². The van der Waals surface area contributed by atoms with Crippen LogP contribution in [-0.2, 0) is 0 Å². The summed E-state index contributed by atoms with van der Waals surface area (Å²) >= 11 is 1.75. The van der Waals surface area contributed by atoms with Gasteiger partial charge in [0.1, 0.15) is 12.0 Å². The van der Waals surface area contributed by atoms with Crippen LogP contribution in [0.5, 0.6) is 0 Å². The quantitative estimate of drug-likeness (QED) is 0.633. The monoisotopic (exact) mass is 277 g/mol. The van der Waals surface area contributed by atoms with Crippen molar-refractivity contribution in [2.75, 3.05) is 11.9 Å². The third kappa shape index (κ3) is 2.90. The lowest BCUT2D eigenvalue weighted by molar-refractivity contribution is -0.385. The zero-order chi connectivity index (χ0) is 14.0. The van der Waals surface area contributed by atoms with Crippen LogP contribution in [-0.4, -0.2) is 17.0 Å². The molecule has 5 nitrogen and oxygen atoms in total. The van der Waals surface area contributed by atoms with E-state index < -0.39 is 4.92 Å². The van der Waals surface area contributed by atoms with Gasteiger partial charge in [-0.15, -0.1) is 11.3 Å². The van der Waals surface area contributed by atoms with Gasteiger partial charge in [0.25, 0.3) is 5.69 Å². The molecule has 0 amide bonds. The smallest absolute Gasteiger partial charge is 0.287 e. The lowest BCUT2D eigenvalue weighted by Crippen LogP contribution is -2.21. The Kier molecular flexibility index (Phi) is 3.80. The summed E-state index contributed by atoms with van der Waals surface area (Å²) in [5, 5.41) is 10.6. The highest BCUT2D eigenvalue weighted by molar-refractivity contribution is 7.12. The largest absolute Gasteiger partial charge is 0.352 e. The lowest BCUT2D eigenvalue weighted by atomic mass is 10.2. The number of rotatable bonds is 4. The highest BCUT2D eigenvalue weighted by Crippen LogP contribution is 2.29. The topological polar surface area (TPSA) is 59.3 Å². The van der Waals surface area contributed by atoms with Crippen molar-refractivity contribution in [2.24, 2.45) is 0 Å². The molecular weight excluding hydrogens is 262 g/mol. The van der Waals surface area contributed by atoms with Crippen molar-refractivity contribution in [2.45, 2.75) is 19.9 Å². The first-order valence-electron chi connectivity index (χ1n) is 5.88. The summed E-state index contributed by atoms with van der Waals surface area (Å²) in [7, 11) is 1.94. The molecule has 19 heavy (non-hydrogen) atoms. The summed E-state index contributed by atoms with van der Waals surface area (Å²) in [5.41, 5.74) is 0.0109. The van der Waals surface area contributed by atoms with Crippen LogP contribution in [0, 0.1) is 17.0 Å². The molecule has 2 heterocycles. The van der Waals surface area contributed by atoms with Crippen molar-refractivity contribution < 1.29 is 4.92 Å². The summed E-state index contributed by atoms with van der Waals surface area (Å²) in [4.78, 5) is 18.8. The Hall–Kier alpha value is -1.95. The second-order valence-electron chi connectivity index (χ2n) is 4.37. The predicted octanol–water partition coefficient (Wildman–Crippen LogP) is 3.56. The minimum absolute atomic E-state index is 0.0109. The van der Waals surface area contributed by atoms with E-state index >= 15 is 0 Å². The van der Waals surface area contributed by atoms with Crippen LogP contribution in [0.1, 0.15) is 22.7 Å². The fourth-order valence-corrected chi connectivity index (χ4v) is 2.73. The molecule has 0 bridgehead atoms. The van der Waals surface area contributed by atoms with Crippen molar-refractivity contribution >= 4 is 22.8 Å². The first-order chi connectivity index (χ1) is 8.99. The molecule has 0 aromatic carbocycles. The first kappa shape index (κ1) is 13.5. The van der Waals surface area contributed by atoms with Crippen LogP contribution in [0.15, 0.2) is 30.5 Å². The van der Waals surface area contributed by atoms with Crippen LogP contribution < -0.4 is 4.90 Å². The Bertz CT molecular complexity index is 580. The van der Waals surface area contributed by atoms with Gasteiger partial charge < -0.3 is 4.90 Å². The number of nitrogens with zero attached hydrogens (tertiary/aromatic N) is 3. The van der Waals surface area contributed by atoms with Gasteiger partial charge >= 0.3 is 0 Å². The number of anilines is 1. The van der Waals surface area contributed by atoms with E-state index in [9.17, 15) is 10.1 Å². The molecule has 0 saturated carbocycles. The maximum atomic E-state index is 10.6. The average Bonchev–Trinajstić information content (AvgIpc) is 2.84. The number of hydrogen-bond donors (Lipinski definition) is 0. The van der Waals surface area contributed by atoms with Gasteiger partial charge in [-0.1, -0.05) is 0 Å². The van der Waals surface area contributed by atoms with E-state index in [2.05, 4.69) is 31.0 Å². The van der Waals surface area contributed by atoms with Gasteiger partial charge in [-0.2, -0.15) is 0 Å². The highest BCUT2D eigenvalue weighted by atomic mass is 32.1. The second kappa shape index (κ2) is 5.36. The third-order valence-corrected chi connectivity index (χ3v) is 4.23. The number of thiophene rings is 1. The molecular formula is C13H15N3O2S. The summed E-state index contributed by atoms with van der Waals surface area (Å²) in [6.45, 7) is 4.17.